The van der Waals surface area contributed by atoms with Crippen molar-refractivity contribution in [2.24, 2.45) is 0 Å². The summed E-state index contributed by atoms with van der Waals surface area (Å²) >= 11 is 0. The predicted octanol–water partition coefficient (Wildman–Crippen LogP) is 3.30. The van der Waals surface area contributed by atoms with Gasteiger partial charge in [-0.15, -0.1) is 0 Å². The number of nitrogens with zero attached hydrogens (tertiary/aromatic N) is 3. The molecule has 2 aromatic heterocycles. The van der Waals surface area contributed by atoms with Gasteiger partial charge in [-0.05, 0) is 19.9 Å². The Balaban J connectivity index is 1.99. The van der Waals surface area contributed by atoms with Crippen LogP contribution >= 0.6 is 0 Å². The van der Waals surface area contributed by atoms with Crippen LogP contribution < -0.4 is 15.0 Å². The Morgan fingerprint density at radius 2 is 2.08 bits per heavy atom. The normalized spacial score (nSPS) is 11.2. The number of carbonyl (C=O) groups is 1. The standard InChI is InChI=1S/C14H15F3N4O3/c1-8-12(9(2)24-20-8)21(3)13(22)19-10-4-5-11(18-6-10)23-7-14(15,16)17/h4-6H,7H2,1-3H3,(H,19,22). The van der Waals surface area contributed by atoms with Crippen LogP contribution in [0.1, 0.15) is 11.5 Å². The lowest BCUT2D eigenvalue weighted by Crippen LogP contribution is -2.31. The quantitative estimate of drug-likeness (QED) is 0.920. The third-order valence-electron chi connectivity index (χ3n) is 3.01. The number of rotatable bonds is 4. The van der Waals surface area contributed by atoms with E-state index < -0.39 is 18.8 Å². The van der Waals surface area contributed by atoms with E-state index in [1.54, 1.807) is 13.8 Å². The molecular weight excluding hydrogens is 329 g/mol. The Bertz CT molecular complexity index is 694. The fourth-order valence-electron chi connectivity index (χ4n) is 1.96. The van der Waals surface area contributed by atoms with E-state index in [2.05, 4.69) is 20.2 Å². The number of nitrogens with one attached hydrogen (secondary N) is 1. The molecule has 1 N–H and O–H groups in total. The monoisotopic (exact) mass is 344 g/mol. The maximum atomic E-state index is 12.2. The minimum Gasteiger partial charge on any atom is -0.468 e. The molecule has 0 bridgehead atoms. The second-order valence-corrected chi connectivity index (χ2v) is 4.95. The highest BCUT2D eigenvalue weighted by Crippen LogP contribution is 2.24. The number of anilines is 2. The summed E-state index contributed by atoms with van der Waals surface area (Å²) in [6.45, 7) is 1.94. The van der Waals surface area contributed by atoms with Crippen LogP contribution in [0.15, 0.2) is 22.9 Å². The van der Waals surface area contributed by atoms with Crippen molar-refractivity contribution in [2.75, 3.05) is 23.9 Å². The molecule has 10 heteroatoms. The fraction of sp³-hybridized carbons (Fsp3) is 0.357. The first-order valence-corrected chi connectivity index (χ1v) is 6.80. The molecule has 0 atom stereocenters. The van der Waals surface area contributed by atoms with Crippen LogP contribution in [0.3, 0.4) is 0 Å². The highest BCUT2D eigenvalue weighted by atomic mass is 19.4. The highest BCUT2D eigenvalue weighted by Gasteiger charge is 2.28. The smallest absolute Gasteiger partial charge is 0.422 e. The third kappa shape index (κ3) is 4.37. The maximum Gasteiger partial charge on any atom is 0.422 e. The summed E-state index contributed by atoms with van der Waals surface area (Å²) < 4.78 is 45.6. The van der Waals surface area contributed by atoms with Gasteiger partial charge in [0.1, 0.15) is 11.4 Å². The molecule has 24 heavy (non-hydrogen) atoms. The Morgan fingerprint density at radius 1 is 1.38 bits per heavy atom. The number of hydrogen-bond donors (Lipinski definition) is 1. The van der Waals surface area contributed by atoms with Gasteiger partial charge in [-0.3, -0.25) is 4.90 Å². The summed E-state index contributed by atoms with van der Waals surface area (Å²) in [5.74, 6) is 0.295. The molecule has 0 aromatic carbocycles. The number of alkyl halides is 3. The lowest BCUT2D eigenvalue weighted by Gasteiger charge is -2.17. The SMILES string of the molecule is Cc1noc(C)c1N(C)C(=O)Nc1ccc(OCC(F)(F)F)nc1. The maximum absolute atomic E-state index is 12.2. The summed E-state index contributed by atoms with van der Waals surface area (Å²) in [5.41, 5.74) is 1.39. The Kier molecular flexibility index (Phi) is 4.96. The molecule has 0 fully saturated rings. The van der Waals surface area contributed by atoms with Gasteiger partial charge in [-0.25, -0.2) is 9.78 Å². The zero-order valence-corrected chi connectivity index (χ0v) is 13.1. The number of ether oxygens (including phenoxy) is 1. The van der Waals surface area contributed by atoms with Crippen LogP contribution in [-0.4, -0.2) is 36.0 Å². The summed E-state index contributed by atoms with van der Waals surface area (Å²) in [4.78, 5) is 17.2. The second kappa shape index (κ2) is 6.77. The molecule has 0 aliphatic rings. The number of amides is 2. The number of aromatic nitrogens is 2. The molecule has 0 saturated carbocycles. The zero-order chi connectivity index (χ0) is 17.9. The van der Waals surface area contributed by atoms with E-state index >= 15 is 0 Å². The van der Waals surface area contributed by atoms with Gasteiger partial charge in [-0.2, -0.15) is 13.2 Å². The van der Waals surface area contributed by atoms with E-state index in [1.807, 2.05) is 0 Å². The van der Waals surface area contributed by atoms with Crippen molar-refractivity contribution in [3.8, 4) is 5.88 Å². The molecule has 0 radical (unpaired) electrons. The van der Waals surface area contributed by atoms with Crippen LogP contribution in [0.4, 0.5) is 29.3 Å². The zero-order valence-electron chi connectivity index (χ0n) is 13.1. The molecule has 2 heterocycles. The molecular formula is C14H15F3N4O3. The van der Waals surface area contributed by atoms with E-state index in [4.69, 9.17) is 4.52 Å². The van der Waals surface area contributed by atoms with Gasteiger partial charge < -0.3 is 14.6 Å². The summed E-state index contributed by atoms with van der Waals surface area (Å²) in [7, 11) is 1.54. The average molecular weight is 344 g/mol. The van der Waals surface area contributed by atoms with Crippen molar-refractivity contribution >= 4 is 17.4 Å². The van der Waals surface area contributed by atoms with Gasteiger partial charge in [0.05, 0.1) is 11.9 Å². The first-order chi connectivity index (χ1) is 11.2. The predicted molar refractivity (Wildman–Crippen MR) is 79.2 cm³/mol. The van der Waals surface area contributed by atoms with Crippen LogP contribution in [0, 0.1) is 13.8 Å². The molecule has 2 rings (SSSR count). The molecule has 0 aliphatic heterocycles. The Hall–Kier alpha value is -2.78. The van der Waals surface area contributed by atoms with Crippen molar-refractivity contribution in [3.63, 3.8) is 0 Å². The lowest BCUT2D eigenvalue weighted by molar-refractivity contribution is -0.154. The number of aryl methyl sites for hydroxylation is 2. The molecule has 0 aliphatic carbocycles. The molecule has 7 nitrogen and oxygen atoms in total. The lowest BCUT2D eigenvalue weighted by atomic mass is 10.3. The number of urea groups is 1. The molecule has 0 unspecified atom stereocenters. The summed E-state index contributed by atoms with van der Waals surface area (Å²) in [6, 6.07) is 2.14. The van der Waals surface area contributed by atoms with Gasteiger partial charge in [0.15, 0.2) is 12.4 Å². The largest absolute Gasteiger partial charge is 0.468 e. The van der Waals surface area contributed by atoms with E-state index in [0.29, 0.717) is 22.8 Å². The molecule has 130 valence electrons. The van der Waals surface area contributed by atoms with Crippen LogP contribution in [0.5, 0.6) is 5.88 Å². The van der Waals surface area contributed by atoms with Gasteiger partial charge >= 0.3 is 12.2 Å². The molecule has 2 aromatic rings. The molecule has 0 spiro atoms. The van der Waals surface area contributed by atoms with Crippen LogP contribution in [-0.2, 0) is 0 Å². The van der Waals surface area contributed by atoms with Crippen molar-refractivity contribution in [3.05, 3.63) is 29.8 Å². The van der Waals surface area contributed by atoms with Crippen molar-refractivity contribution in [1.82, 2.24) is 10.1 Å². The summed E-state index contributed by atoms with van der Waals surface area (Å²) in [6.07, 6.45) is -3.24. The van der Waals surface area contributed by atoms with Crippen LogP contribution in [0.2, 0.25) is 0 Å². The Morgan fingerprint density at radius 3 is 2.58 bits per heavy atom. The van der Waals surface area contributed by atoms with Crippen molar-refractivity contribution in [1.29, 1.82) is 0 Å². The molecule has 0 saturated heterocycles. The third-order valence-corrected chi connectivity index (χ3v) is 3.01. The van der Waals surface area contributed by atoms with Gasteiger partial charge in [-0.1, -0.05) is 5.16 Å². The fourth-order valence-corrected chi connectivity index (χ4v) is 1.96. The first kappa shape index (κ1) is 17.6. The first-order valence-electron chi connectivity index (χ1n) is 6.80. The number of pyridine rings is 1. The number of carbonyl (C=O) groups excluding carboxylic acids is 1. The number of hydrogen-bond acceptors (Lipinski definition) is 5. The van der Waals surface area contributed by atoms with Crippen molar-refractivity contribution in [2.45, 2.75) is 20.0 Å². The minimum absolute atomic E-state index is 0.190. The van der Waals surface area contributed by atoms with Gasteiger partial charge in [0, 0.05) is 13.1 Å². The van der Waals surface area contributed by atoms with E-state index in [1.165, 1.54) is 30.3 Å². The van der Waals surface area contributed by atoms with E-state index in [-0.39, 0.29) is 5.88 Å². The second-order valence-electron chi connectivity index (χ2n) is 4.95. The van der Waals surface area contributed by atoms with Gasteiger partial charge in [0.25, 0.3) is 0 Å². The van der Waals surface area contributed by atoms with E-state index in [0.717, 1.165) is 0 Å². The molecule has 2 amide bonds. The highest BCUT2D eigenvalue weighted by molar-refractivity contribution is 6.01. The van der Waals surface area contributed by atoms with Crippen LogP contribution in [0.25, 0.3) is 0 Å². The van der Waals surface area contributed by atoms with Crippen molar-refractivity contribution < 1.29 is 27.2 Å². The number of halogens is 3. The summed E-state index contributed by atoms with van der Waals surface area (Å²) in [5, 5.41) is 6.32. The van der Waals surface area contributed by atoms with Gasteiger partial charge in [0.2, 0.25) is 5.88 Å². The minimum atomic E-state index is -4.44. The topological polar surface area (TPSA) is 80.5 Å². The Labute approximate surface area is 135 Å². The average Bonchev–Trinajstić information content (AvgIpc) is 2.84. The van der Waals surface area contributed by atoms with E-state index in [9.17, 15) is 18.0 Å².